The van der Waals surface area contributed by atoms with Crippen LogP contribution in [0, 0.1) is 23.1 Å². The third-order valence-corrected chi connectivity index (χ3v) is 6.62. The molecule has 0 radical (unpaired) electrons. The van der Waals surface area contributed by atoms with E-state index in [2.05, 4.69) is 46.8 Å². The molecule has 1 aromatic rings. The number of hydrogen-bond donors (Lipinski definition) is 0. The Morgan fingerprint density at radius 2 is 2.00 bits per heavy atom. The molecule has 1 aliphatic carbocycles. The summed E-state index contributed by atoms with van der Waals surface area (Å²) >= 11 is 0. The first-order valence-corrected chi connectivity index (χ1v) is 10.5. The predicted octanol–water partition coefficient (Wildman–Crippen LogP) is 7.98. The maximum Gasteiger partial charge on any atom is 0.126 e. The summed E-state index contributed by atoms with van der Waals surface area (Å²) in [4.78, 5) is 0. The van der Waals surface area contributed by atoms with Crippen LogP contribution in [0.5, 0.6) is 0 Å². The van der Waals surface area contributed by atoms with Crippen molar-refractivity contribution in [3.05, 3.63) is 52.4 Å². The second-order valence-corrected chi connectivity index (χ2v) is 8.47. The first-order valence-electron chi connectivity index (χ1n) is 10.5. The number of allylic oxidation sites excluding steroid dienone is 3. The van der Waals surface area contributed by atoms with E-state index in [1.54, 1.807) is 17.2 Å². The predicted molar refractivity (Wildman–Crippen MR) is 113 cm³/mol. The highest BCUT2D eigenvalue weighted by atomic mass is 19.1. The smallest absolute Gasteiger partial charge is 0.126 e. The van der Waals surface area contributed by atoms with Crippen molar-refractivity contribution in [2.75, 3.05) is 0 Å². The highest BCUT2D eigenvalue weighted by Gasteiger charge is 2.48. The van der Waals surface area contributed by atoms with Gasteiger partial charge in [0.15, 0.2) is 0 Å². The van der Waals surface area contributed by atoms with E-state index in [1.165, 1.54) is 25.7 Å². The molecule has 0 saturated heterocycles. The van der Waals surface area contributed by atoms with E-state index in [4.69, 9.17) is 0 Å². The maximum atomic E-state index is 13.9. The summed E-state index contributed by atoms with van der Waals surface area (Å²) < 4.78 is 13.9. The van der Waals surface area contributed by atoms with Gasteiger partial charge in [-0.25, -0.2) is 4.39 Å². The fraction of sp³-hybridized carbons (Fsp3) is 0.600. The second-order valence-electron chi connectivity index (χ2n) is 8.47. The molecule has 0 nitrogen and oxygen atoms in total. The monoisotopic (exact) mass is 356 g/mol. The van der Waals surface area contributed by atoms with E-state index in [1.807, 2.05) is 19.1 Å². The molecule has 3 atom stereocenters. The second kappa shape index (κ2) is 9.02. The Morgan fingerprint density at radius 3 is 2.62 bits per heavy atom. The number of rotatable bonds is 9. The van der Waals surface area contributed by atoms with Crippen LogP contribution in [0.25, 0.3) is 6.08 Å². The van der Waals surface area contributed by atoms with Crippen LogP contribution in [-0.4, -0.2) is 0 Å². The van der Waals surface area contributed by atoms with Crippen LogP contribution in [0.3, 0.4) is 0 Å². The Bertz CT molecular complexity index is 667. The number of hydrogen-bond acceptors (Lipinski definition) is 0. The summed E-state index contributed by atoms with van der Waals surface area (Å²) in [5.41, 5.74) is 5.56. The molecule has 0 amide bonds. The van der Waals surface area contributed by atoms with Crippen LogP contribution >= 0.6 is 0 Å². The molecule has 0 bridgehead atoms. The fourth-order valence-corrected chi connectivity index (χ4v) is 4.55. The highest BCUT2D eigenvalue weighted by Crippen LogP contribution is 2.58. The van der Waals surface area contributed by atoms with E-state index in [-0.39, 0.29) is 5.82 Å². The maximum absolute atomic E-state index is 13.9. The molecule has 0 aliphatic heterocycles. The normalized spacial score (nSPS) is 24.7. The molecule has 26 heavy (non-hydrogen) atoms. The minimum absolute atomic E-state index is 0.0795. The van der Waals surface area contributed by atoms with Gasteiger partial charge in [0, 0.05) is 0 Å². The standard InChI is InChI=1S/C25H37F/c1-7-18(4)22(8-2)19(5)16-21-17-25(21,6)15-11-13-20-12-10-14-24(26)23(20)9-3/h10-14,19,21H,7-9,15-17H2,1-6H3/b13-11-,22-18+/t19?,21-,25?/m0/s1. The number of halogens is 1. The molecule has 1 heteroatoms. The van der Waals surface area contributed by atoms with Crippen molar-refractivity contribution < 1.29 is 4.39 Å². The van der Waals surface area contributed by atoms with Crippen LogP contribution in [0.2, 0.25) is 0 Å². The SMILES string of the molecule is CC/C(C)=C(\CC)C(C)C[C@H]1CC1(C)C/C=C\c1cccc(F)c1CC. The van der Waals surface area contributed by atoms with Gasteiger partial charge in [0.25, 0.3) is 0 Å². The zero-order valence-corrected chi connectivity index (χ0v) is 17.7. The Balaban J connectivity index is 1.95. The third-order valence-electron chi connectivity index (χ3n) is 6.62. The van der Waals surface area contributed by atoms with E-state index in [9.17, 15) is 4.39 Å². The van der Waals surface area contributed by atoms with Crippen molar-refractivity contribution in [3.63, 3.8) is 0 Å². The Kier molecular flexibility index (Phi) is 7.26. The minimum atomic E-state index is -0.0795. The molecule has 0 spiro atoms. The molecule has 1 aliphatic rings. The van der Waals surface area contributed by atoms with Crippen LogP contribution in [0.15, 0.2) is 35.4 Å². The first-order chi connectivity index (χ1) is 12.4. The average molecular weight is 357 g/mol. The van der Waals surface area contributed by atoms with Gasteiger partial charge in [-0.05, 0) is 79.9 Å². The summed E-state index contributed by atoms with van der Waals surface area (Å²) in [6.07, 6.45) is 11.2. The lowest BCUT2D eigenvalue weighted by Gasteiger charge is -2.19. The lowest BCUT2D eigenvalue weighted by molar-refractivity contribution is 0.443. The lowest BCUT2D eigenvalue weighted by atomic mass is 9.87. The van der Waals surface area contributed by atoms with E-state index >= 15 is 0 Å². The van der Waals surface area contributed by atoms with Gasteiger partial charge < -0.3 is 0 Å². The average Bonchev–Trinajstić information content (AvgIpc) is 3.24. The van der Waals surface area contributed by atoms with Gasteiger partial charge in [-0.15, -0.1) is 0 Å². The van der Waals surface area contributed by atoms with Crippen molar-refractivity contribution in [2.45, 2.75) is 80.1 Å². The molecule has 1 aromatic carbocycles. The summed E-state index contributed by atoms with van der Waals surface area (Å²) in [6.45, 7) is 13.7. The zero-order chi connectivity index (χ0) is 19.3. The topological polar surface area (TPSA) is 0 Å². The molecule has 0 N–H and O–H groups in total. The summed E-state index contributed by atoms with van der Waals surface area (Å²) in [5.74, 6) is 1.45. The molecule has 2 rings (SSSR count). The van der Waals surface area contributed by atoms with Crippen molar-refractivity contribution in [1.82, 2.24) is 0 Å². The summed E-state index contributed by atoms with van der Waals surface area (Å²) in [7, 11) is 0. The van der Waals surface area contributed by atoms with Gasteiger partial charge in [-0.1, -0.05) is 70.0 Å². The van der Waals surface area contributed by atoms with Crippen molar-refractivity contribution >= 4 is 6.08 Å². The van der Waals surface area contributed by atoms with E-state index < -0.39 is 0 Å². The van der Waals surface area contributed by atoms with Gasteiger partial charge in [0.05, 0.1) is 0 Å². The largest absolute Gasteiger partial charge is 0.207 e. The van der Waals surface area contributed by atoms with Crippen molar-refractivity contribution in [2.24, 2.45) is 17.3 Å². The molecule has 1 saturated carbocycles. The molecular weight excluding hydrogens is 319 g/mol. The fourth-order valence-electron chi connectivity index (χ4n) is 4.55. The third kappa shape index (κ3) is 4.87. The van der Waals surface area contributed by atoms with Crippen LogP contribution in [0.4, 0.5) is 4.39 Å². The molecular formula is C25H37F. The van der Waals surface area contributed by atoms with Crippen LogP contribution in [0.1, 0.15) is 84.8 Å². The van der Waals surface area contributed by atoms with Gasteiger partial charge in [-0.3, -0.25) is 0 Å². The number of benzene rings is 1. The zero-order valence-electron chi connectivity index (χ0n) is 17.7. The molecule has 1 fully saturated rings. The van der Waals surface area contributed by atoms with Gasteiger partial charge in [0.1, 0.15) is 5.82 Å². The first kappa shape index (κ1) is 20.9. The molecule has 144 valence electrons. The lowest BCUT2D eigenvalue weighted by Crippen LogP contribution is -2.06. The quantitative estimate of drug-likeness (QED) is 0.393. The van der Waals surface area contributed by atoms with Crippen LogP contribution in [-0.2, 0) is 6.42 Å². The Labute approximate surface area is 160 Å². The Hall–Kier alpha value is -1.37. The van der Waals surface area contributed by atoms with Gasteiger partial charge in [0.2, 0.25) is 0 Å². The highest BCUT2D eigenvalue weighted by molar-refractivity contribution is 5.54. The van der Waals surface area contributed by atoms with E-state index in [0.717, 1.165) is 29.9 Å². The summed E-state index contributed by atoms with van der Waals surface area (Å²) in [6, 6.07) is 5.40. The van der Waals surface area contributed by atoms with Crippen LogP contribution < -0.4 is 0 Å². The minimum Gasteiger partial charge on any atom is -0.207 e. The molecule has 0 aromatic heterocycles. The van der Waals surface area contributed by atoms with E-state index in [0.29, 0.717) is 11.3 Å². The molecule has 0 heterocycles. The van der Waals surface area contributed by atoms with Crippen molar-refractivity contribution in [1.29, 1.82) is 0 Å². The van der Waals surface area contributed by atoms with Gasteiger partial charge >= 0.3 is 0 Å². The van der Waals surface area contributed by atoms with Gasteiger partial charge in [-0.2, -0.15) is 0 Å². The molecule has 2 unspecified atom stereocenters. The summed E-state index contributed by atoms with van der Waals surface area (Å²) in [5, 5.41) is 0. The Morgan fingerprint density at radius 1 is 1.27 bits per heavy atom. The van der Waals surface area contributed by atoms with Crippen molar-refractivity contribution in [3.8, 4) is 0 Å².